The highest BCUT2D eigenvalue weighted by molar-refractivity contribution is 8.04. The number of hydrogen-bond acceptors (Lipinski definition) is 6. The highest BCUT2D eigenvalue weighted by Gasteiger charge is 2.40. The molecular formula is C10H12N2O6S2. The lowest BCUT2D eigenvalue weighted by Crippen LogP contribution is -2.42. The molecule has 1 aromatic rings. The molecule has 0 unspecified atom stereocenters. The summed E-state index contributed by atoms with van der Waals surface area (Å²) < 4.78 is 48.8. The third kappa shape index (κ3) is 2.53. The minimum Gasteiger partial charge on any atom is -0.258 e. The number of nitro groups is 1. The second-order valence-electron chi connectivity index (χ2n) is 4.25. The first kappa shape index (κ1) is 14.9. The van der Waals surface area contributed by atoms with Crippen LogP contribution in [0, 0.1) is 10.1 Å². The number of nitro benzene ring substituents is 1. The van der Waals surface area contributed by atoms with E-state index in [0.717, 1.165) is 12.1 Å². The van der Waals surface area contributed by atoms with Gasteiger partial charge >= 0.3 is 0 Å². The predicted molar refractivity (Wildman–Crippen MR) is 70.0 cm³/mol. The lowest BCUT2D eigenvalue weighted by Gasteiger charge is -2.25. The lowest BCUT2D eigenvalue weighted by molar-refractivity contribution is -0.387. The quantitative estimate of drug-likeness (QED) is 0.598. The Bertz CT molecular complexity index is 741. The third-order valence-electron chi connectivity index (χ3n) is 2.91. The summed E-state index contributed by atoms with van der Waals surface area (Å²) in [6.45, 7) is -0.184. The van der Waals surface area contributed by atoms with Crippen molar-refractivity contribution in [2.24, 2.45) is 0 Å². The van der Waals surface area contributed by atoms with E-state index in [1.165, 1.54) is 12.1 Å². The molecule has 10 heteroatoms. The molecular weight excluding hydrogens is 308 g/mol. The smallest absolute Gasteiger partial charge is 0.258 e. The average molecular weight is 320 g/mol. The normalized spacial score (nSPS) is 19.6. The molecule has 8 nitrogen and oxygen atoms in total. The van der Waals surface area contributed by atoms with Crippen molar-refractivity contribution in [1.82, 2.24) is 3.71 Å². The predicted octanol–water partition coefficient (Wildman–Crippen LogP) is 0.709. The van der Waals surface area contributed by atoms with Gasteiger partial charge in [-0.3, -0.25) is 10.1 Å². The molecule has 1 aliphatic rings. The van der Waals surface area contributed by atoms with Crippen molar-refractivity contribution in [3.05, 3.63) is 34.4 Å². The maximum atomic E-state index is 12.4. The van der Waals surface area contributed by atoms with Crippen molar-refractivity contribution < 1.29 is 21.8 Å². The zero-order valence-electron chi connectivity index (χ0n) is 10.3. The van der Waals surface area contributed by atoms with Gasteiger partial charge in [0.2, 0.25) is 10.0 Å². The Hall–Kier alpha value is -1.52. The topological polar surface area (TPSA) is 115 Å². The number of hydrogen-bond donors (Lipinski definition) is 0. The zero-order valence-corrected chi connectivity index (χ0v) is 11.9. The van der Waals surface area contributed by atoms with Crippen LogP contribution in [0.15, 0.2) is 29.2 Å². The summed E-state index contributed by atoms with van der Waals surface area (Å²) >= 11 is 0. The summed E-state index contributed by atoms with van der Waals surface area (Å²) in [5.41, 5.74) is -0.631. The molecule has 0 aliphatic carbocycles. The molecule has 1 fully saturated rings. The molecule has 0 atom stereocenters. The number of nitrogens with zero attached hydrogens (tertiary/aromatic N) is 2. The first-order valence-electron chi connectivity index (χ1n) is 5.76. The summed E-state index contributed by atoms with van der Waals surface area (Å²) in [6.07, 6.45) is 0.782. The van der Waals surface area contributed by atoms with Crippen LogP contribution in [0.25, 0.3) is 0 Å². The minimum absolute atomic E-state index is 0.184. The van der Waals surface area contributed by atoms with Gasteiger partial charge in [0.25, 0.3) is 15.7 Å². The van der Waals surface area contributed by atoms with Crippen molar-refractivity contribution in [3.63, 3.8) is 0 Å². The number of sulfonamides is 2. The van der Waals surface area contributed by atoms with Crippen LogP contribution in [0.3, 0.4) is 0 Å². The molecule has 0 bridgehead atoms. The maximum absolute atomic E-state index is 12.4. The molecule has 1 aliphatic heterocycles. The Morgan fingerprint density at radius 3 is 2.45 bits per heavy atom. The van der Waals surface area contributed by atoms with E-state index in [9.17, 15) is 26.9 Å². The molecule has 0 aromatic heterocycles. The average Bonchev–Trinajstić information content (AvgIpc) is 2.37. The first-order chi connectivity index (χ1) is 9.27. The SMILES string of the molecule is O=[N+]([O-])c1ccccc1S(=O)(=O)N1CCCCS1(=O)=O. The molecule has 0 saturated carbocycles. The maximum Gasteiger partial charge on any atom is 0.289 e. The summed E-state index contributed by atoms with van der Waals surface area (Å²) in [7, 11) is -8.39. The molecule has 0 spiro atoms. The van der Waals surface area contributed by atoms with Gasteiger partial charge < -0.3 is 0 Å². The van der Waals surface area contributed by atoms with Crippen LogP contribution in [-0.4, -0.2) is 37.8 Å². The van der Waals surface area contributed by atoms with E-state index in [1.807, 2.05) is 0 Å². The van der Waals surface area contributed by atoms with E-state index in [-0.39, 0.29) is 12.3 Å². The van der Waals surface area contributed by atoms with Crippen LogP contribution < -0.4 is 0 Å². The van der Waals surface area contributed by atoms with Crippen molar-refractivity contribution in [2.75, 3.05) is 12.3 Å². The fourth-order valence-corrected chi connectivity index (χ4v) is 6.06. The van der Waals surface area contributed by atoms with Crippen LogP contribution in [0.4, 0.5) is 5.69 Å². The van der Waals surface area contributed by atoms with Crippen LogP contribution in [0.5, 0.6) is 0 Å². The van der Waals surface area contributed by atoms with Crippen molar-refractivity contribution in [3.8, 4) is 0 Å². The van der Waals surface area contributed by atoms with Gasteiger partial charge in [0.1, 0.15) is 0 Å². The number of para-hydroxylation sites is 1. The zero-order chi connectivity index (χ0) is 15.0. The van der Waals surface area contributed by atoms with Crippen LogP contribution in [-0.2, 0) is 20.0 Å². The van der Waals surface area contributed by atoms with E-state index in [0.29, 0.717) is 16.6 Å². The van der Waals surface area contributed by atoms with Gasteiger partial charge in [-0.25, -0.2) is 16.8 Å². The van der Waals surface area contributed by atoms with E-state index in [4.69, 9.17) is 0 Å². The second-order valence-corrected chi connectivity index (χ2v) is 8.32. The largest absolute Gasteiger partial charge is 0.289 e. The van der Waals surface area contributed by atoms with Crippen LogP contribution in [0.2, 0.25) is 0 Å². The van der Waals surface area contributed by atoms with Crippen LogP contribution in [0.1, 0.15) is 12.8 Å². The van der Waals surface area contributed by atoms with Crippen LogP contribution >= 0.6 is 0 Å². The lowest BCUT2D eigenvalue weighted by atomic mass is 10.3. The molecule has 0 amide bonds. The van der Waals surface area contributed by atoms with E-state index >= 15 is 0 Å². The summed E-state index contributed by atoms with van der Waals surface area (Å²) in [5, 5.41) is 10.9. The van der Waals surface area contributed by atoms with Crippen molar-refractivity contribution >= 4 is 25.7 Å². The molecule has 2 rings (SSSR count). The minimum atomic E-state index is -4.44. The van der Waals surface area contributed by atoms with Gasteiger partial charge in [0.15, 0.2) is 4.90 Å². The molecule has 1 aromatic carbocycles. The van der Waals surface area contributed by atoms with Gasteiger partial charge in [0, 0.05) is 12.6 Å². The summed E-state index contributed by atoms with van der Waals surface area (Å²) in [5.74, 6) is -0.271. The molecule has 1 saturated heterocycles. The fraction of sp³-hybridized carbons (Fsp3) is 0.400. The second kappa shape index (κ2) is 5.11. The van der Waals surface area contributed by atoms with Gasteiger partial charge in [-0.15, -0.1) is 0 Å². The number of rotatable bonds is 3. The molecule has 110 valence electrons. The Balaban J connectivity index is 2.59. The van der Waals surface area contributed by atoms with Crippen molar-refractivity contribution in [2.45, 2.75) is 17.7 Å². The van der Waals surface area contributed by atoms with Gasteiger partial charge in [-0.05, 0) is 18.9 Å². The fourth-order valence-electron chi connectivity index (χ4n) is 1.97. The van der Waals surface area contributed by atoms with Crippen molar-refractivity contribution in [1.29, 1.82) is 0 Å². The van der Waals surface area contributed by atoms with Gasteiger partial charge in [-0.2, -0.15) is 0 Å². The highest BCUT2D eigenvalue weighted by atomic mass is 32.3. The monoisotopic (exact) mass is 320 g/mol. The Morgan fingerprint density at radius 2 is 1.85 bits per heavy atom. The molecule has 20 heavy (non-hydrogen) atoms. The standard InChI is InChI=1S/C10H12N2O6S2/c13-12(14)9-5-1-2-6-10(9)20(17,18)11-7-3-4-8-19(11,15)16/h1-2,5-6H,3-4,7-8H2. The summed E-state index contributed by atoms with van der Waals surface area (Å²) in [4.78, 5) is 9.44. The van der Waals surface area contributed by atoms with E-state index < -0.39 is 35.6 Å². The molecule has 0 N–H and O–H groups in total. The number of benzene rings is 1. The Kier molecular flexibility index (Phi) is 3.80. The van der Waals surface area contributed by atoms with Gasteiger partial charge in [0.05, 0.1) is 10.7 Å². The Morgan fingerprint density at radius 1 is 1.20 bits per heavy atom. The van der Waals surface area contributed by atoms with Gasteiger partial charge in [-0.1, -0.05) is 15.8 Å². The first-order valence-corrected chi connectivity index (χ1v) is 8.81. The Labute approximate surface area is 116 Å². The third-order valence-corrected chi connectivity index (χ3v) is 7.41. The molecule has 0 radical (unpaired) electrons. The summed E-state index contributed by atoms with van der Waals surface area (Å²) in [6, 6.07) is 4.71. The van der Waals surface area contributed by atoms with E-state index in [1.54, 1.807) is 0 Å². The highest BCUT2D eigenvalue weighted by Crippen LogP contribution is 2.29. The van der Waals surface area contributed by atoms with E-state index in [2.05, 4.69) is 0 Å². The molecule has 1 heterocycles.